The second kappa shape index (κ2) is 6.97. The standard InChI is InChI=1S/C16H18F3IN6/c1-9-13(14(21)24-15(22)23-9)26-7-6-25(8-12(26)20)11-4-2-10(3-5-11)16(17,18)19/h2-5,12H,6-8H2,1H3,(H4,21,22,23,24). The molecule has 1 aliphatic rings. The molecular formula is C16H18F3IN6. The number of rotatable bonds is 2. The number of nitrogen functional groups attached to an aromatic ring is 2. The third-order valence-electron chi connectivity index (χ3n) is 4.27. The van der Waals surface area contributed by atoms with E-state index in [1.165, 1.54) is 12.1 Å². The molecule has 1 saturated heterocycles. The fourth-order valence-electron chi connectivity index (χ4n) is 3.05. The van der Waals surface area contributed by atoms with Crippen LogP contribution in [0.15, 0.2) is 24.3 Å². The van der Waals surface area contributed by atoms with Crippen LogP contribution >= 0.6 is 22.6 Å². The van der Waals surface area contributed by atoms with Gasteiger partial charge in [-0.15, -0.1) is 0 Å². The van der Waals surface area contributed by atoms with E-state index in [0.29, 0.717) is 31.1 Å². The number of aromatic nitrogens is 2. The van der Waals surface area contributed by atoms with Gasteiger partial charge in [0.15, 0.2) is 5.82 Å². The van der Waals surface area contributed by atoms with Crippen molar-refractivity contribution in [2.45, 2.75) is 17.1 Å². The lowest BCUT2D eigenvalue weighted by atomic mass is 10.1. The van der Waals surface area contributed by atoms with Gasteiger partial charge in [-0.1, -0.05) is 22.6 Å². The van der Waals surface area contributed by atoms with Gasteiger partial charge in [-0.25, -0.2) is 4.98 Å². The topological polar surface area (TPSA) is 84.3 Å². The lowest BCUT2D eigenvalue weighted by Gasteiger charge is -2.41. The maximum absolute atomic E-state index is 12.7. The summed E-state index contributed by atoms with van der Waals surface area (Å²) >= 11 is 2.29. The first-order valence-corrected chi connectivity index (χ1v) is 9.14. The minimum absolute atomic E-state index is 0.0527. The van der Waals surface area contributed by atoms with Gasteiger partial charge in [0, 0.05) is 25.3 Å². The van der Waals surface area contributed by atoms with Crippen LogP contribution in [0.2, 0.25) is 0 Å². The number of nitrogens with two attached hydrogens (primary N) is 2. The molecule has 0 radical (unpaired) electrons. The van der Waals surface area contributed by atoms with Crippen LogP contribution in [0.5, 0.6) is 0 Å². The number of hydrogen-bond acceptors (Lipinski definition) is 6. The molecule has 1 fully saturated rings. The highest BCUT2D eigenvalue weighted by Crippen LogP contribution is 2.34. The summed E-state index contributed by atoms with van der Waals surface area (Å²) in [5.41, 5.74) is 13.2. The number of anilines is 4. The molecule has 140 valence electrons. The van der Waals surface area contributed by atoms with E-state index in [1.54, 1.807) is 0 Å². The zero-order valence-electron chi connectivity index (χ0n) is 14.0. The third-order valence-corrected chi connectivity index (χ3v) is 5.34. The van der Waals surface area contributed by atoms with Gasteiger partial charge in [0.05, 0.1) is 15.3 Å². The normalized spacial score (nSPS) is 18.3. The summed E-state index contributed by atoms with van der Waals surface area (Å²) in [5.74, 6) is 0.469. The van der Waals surface area contributed by atoms with E-state index >= 15 is 0 Å². The van der Waals surface area contributed by atoms with Crippen molar-refractivity contribution in [3.05, 3.63) is 35.5 Å². The van der Waals surface area contributed by atoms with Crippen LogP contribution in [0.4, 0.5) is 36.3 Å². The number of alkyl halides is 4. The van der Waals surface area contributed by atoms with Gasteiger partial charge in [0.25, 0.3) is 0 Å². The van der Waals surface area contributed by atoms with E-state index in [9.17, 15) is 13.2 Å². The molecule has 3 rings (SSSR count). The van der Waals surface area contributed by atoms with Crippen molar-refractivity contribution in [1.82, 2.24) is 9.97 Å². The van der Waals surface area contributed by atoms with Crippen molar-refractivity contribution in [3.63, 3.8) is 0 Å². The zero-order valence-corrected chi connectivity index (χ0v) is 16.1. The fraction of sp³-hybridized carbons (Fsp3) is 0.375. The van der Waals surface area contributed by atoms with E-state index in [2.05, 4.69) is 42.4 Å². The van der Waals surface area contributed by atoms with Gasteiger partial charge in [0.1, 0.15) is 5.69 Å². The summed E-state index contributed by atoms with van der Waals surface area (Å²) < 4.78 is 38.2. The van der Waals surface area contributed by atoms with Crippen LogP contribution in [0.25, 0.3) is 0 Å². The monoisotopic (exact) mass is 478 g/mol. The first kappa shape index (κ1) is 18.8. The van der Waals surface area contributed by atoms with Crippen LogP contribution in [-0.4, -0.2) is 33.7 Å². The number of halogens is 4. The summed E-state index contributed by atoms with van der Waals surface area (Å²) in [4.78, 5) is 12.4. The molecule has 1 aliphatic heterocycles. The molecule has 2 heterocycles. The van der Waals surface area contributed by atoms with Crippen LogP contribution in [0.1, 0.15) is 11.3 Å². The Morgan fingerprint density at radius 2 is 1.77 bits per heavy atom. The Hall–Kier alpha value is -1.98. The molecule has 0 aliphatic carbocycles. The van der Waals surface area contributed by atoms with Crippen molar-refractivity contribution in [3.8, 4) is 0 Å². The summed E-state index contributed by atoms with van der Waals surface area (Å²) in [7, 11) is 0. The quantitative estimate of drug-likeness (QED) is 0.392. The van der Waals surface area contributed by atoms with E-state index in [-0.39, 0.29) is 10.00 Å². The molecule has 0 amide bonds. The van der Waals surface area contributed by atoms with E-state index in [0.717, 1.165) is 23.5 Å². The van der Waals surface area contributed by atoms with Gasteiger partial charge < -0.3 is 21.3 Å². The van der Waals surface area contributed by atoms with Crippen molar-refractivity contribution in [2.24, 2.45) is 0 Å². The number of nitrogens with zero attached hydrogens (tertiary/aromatic N) is 4. The molecule has 6 nitrogen and oxygen atoms in total. The van der Waals surface area contributed by atoms with E-state index < -0.39 is 11.7 Å². The molecule has 0 bridgehead atoms. The van der Waals surface area contributed by atoms with Gasteiger partial charge in [0.2, 0.25) is 5.95 Å². The molecule has 0 saturated carbocycles. The van der Waals surface area contributed by atoms with Crippen molar-refractivity contribution < 1.29 is 13.2 Å². The summed E-state index contributed by atoms with van der Waals surface area (Å²) in [6, 6.07) is 5.24. The number of hydrogen-bond donors (Lipinski definition) is 2. The van der Waals surface area contributed by atoms with Crippen LogP contribution in [0, 0.1) is 6.92 Å². The molecule has 1 aromatic heterocycles. The summed E-state index contributed by atoms with van der Waals surface area (Å²) in [6.45, 7) is 3.76. The van der Waals surface area contributed by atoms with Gasteiger partial charge >= 0.3 is 6.18 Å². The minimum Gasteiger partial charge on any atom is -0.382 e. The molecule has 1 atom stereocenters. The Morgan fingerprint density at radius 1 is 1.12 bits per heavy atom. The minimum atomic E-state index is -4.33. The predicted molar refractivity (Wildman–Crippen MR) is 104 cm³/mol. The Morgan fingerprint density at radius 3 is 2.31 bits per heavy atom. The molecule has 10 heteroatoms. The summed E-state index contributed by atoms with van der Waals surface area (Å²) in [6.07, 6.45) is -4.33. The highest BCUT2D eigenvalue weighted by atomic mass is 127. The van der Waals surface area contributed by atoms with Crippen LogP contribution < -0.4 is 21.3 Å². The Balaban J connectivity index is 1.77. The second-order valence-corrected chi connectivity index (χ2v) is 7.46. The fourth-order valence-corrected chi connectivity index (χ4v) is 4.09. The van der Waals surface area contributed by atoms with Crippen molar-refractivity contribution >= 4 is 45.7 Å². The maximum atomic E-state index is 12.7. The van der Waals surface area contributed by atoms with Crippen LogP contribution in [-0.2, 0) is 6.18 Å². The molecule has 2 aromatic rings. The van der Waals surface area contributed by atoms with Crippen molar-refractivity contribution in [2.75, 3.05) is 40.9 Å². The molecule has 1 aromatic carbocycles. The average Bonchev–Trinajstić information content (AvgIpc) is 2.54. The maximum Gasteiger partial charge on any atom is 0.416 e. The Kier molecular flexibility index (Phi) is 5.04. The molecule has 4 N–H and O–H groups in total. The first-order valence-electron chi connectivity index (χ1n) is 7.89. The number of piperazine rings is 1. The first-order chi connectivity index (χ1) is 12.2. The van der Waals surface area contributed by atoms with E-state index in [1.807, 2.05) is 6.92 Å². The number of benzene rings is 1. The zero-order chi connectivity index (χ0) is 19.1. The SMILES string of the molecule is Cc1nc(N)nc(N)c1N1CCN(c2ccc(C(F)(F)F)cc2)CC1I. The third kappa shape index (κ3) is 3.74. The van der Waals surface area contributed by atoms with Crippen LogP contribution in [0.3, 0.4) is 0 Å². The molecule has 26 heavy (non-hydrogen) atoms. The second-order valence-electron chi connectivity index (χ2n) is 6.02. The Labute approximate surface area is 162 Å². The Bertz CT molecular complexity index is 773. The lowest BCUT2D eigenvalue weighted by molar-refractivity contribution is -0.137. The largest absolute Gasteiger partial charge is 0.416 e. The average molecular weight is 478 g/mol. The molecule has 0 spiro atoms. The lowest BCUT2D eigenvalue weighted by Crippen LogP contribution is -2.51. The summed E-state index contributed by atoms with van der Waals surface area (Å²) in [5, 5.41) is 0. The van der Waals surface area contributed by atoms with E-state index in [4.69, 9.17) is 11.5 Å². The van der Waals surface area contributed by atoms with Crippen molar-refractivity contribution in [1.29, 1.82) is 0 Å². The smallest absolute Gasteiger partial charge is 0.382 e. The highest BCUT2D eigenvalue weighted by Gasteiger charge is 2.31. The van der Waals surface area contributed by atoms with Gasteiger partial charge in [-0.2, -0.15) is 18.2 Å². The van der Waals surface area contributed by atoms with Gasteiger partial charge in [-0.3, -0.25) is 0 Å². The van der Waals surface area contributed by atoms with Gasteiger partial charge in [-0.05, 0) is 31.2 Å². The predicted octanol–water partition coefficient (Wildman–Crippen LogP) is 3.06. The highest BCUT2D eigenvalue weighted by molar-refractivity contribution is 14.1. The molecular weight excluding hydrogens is 460 g/mol. The molecule has 1 unspecified atom stereocenters. The number of aryl methyl sites for hydroxylation is 1.